The van der Waals surface area contributed by atoms with Crippen LogP contribution in [0.15, 0.2) is 21.5 Å². The van der Waals surface area contributed by atoms with Crippen LogP contribution in [-0.2, 0) is 10.0 Å². The molecule has 0 saturated carbocycles. The summed E-state index contributed by atoms with van der Waals surface area (Å²) in [7, 11) is 0.268. The maximum atomic E-state index is 12.9. The third-order valence-corrected chi connectivity index (χ3v) is 6.86. The van der Waals surface area contributed by atoms with Gasteiger partial charge in [-0.1, -0.05) is 11.6 Å². The number of hydrogen-bond donors (Lipinski definition) is 1. The fourth-order valence-corrected chi connectivity index (χ4v) is 5.57. The summed E-state index contributed by atoms with van der Waals surface area (Å²) in [6.45, 7) is 1.23. The molecule has 0 bridgehead atoms. The van der Waals surface area contributed by atoms with Crippen molar-refractivity contribution in [3.05, 3.63) is 21.6 Å². The number of nitrogens with zero attached hydrogens (tertiary/aromatic N) is 2. The number of rotatable bonds is 4. The summed E-state index contributed by atoms with van der Waals surface area (Å²) >= 11 is 9.23. The molecule has 0 spiro atoms. The summed E-state index contributed by atoms with van der Waals surface area (Å²) in [5.41, 5.74) is 6.13. The van der Waals surface area contributed by atoms with Gasteiger partial charge in [-0.05, 0) is 55.0 Å². The second-order valence-corrected chi connectivity index (χ2v) is 8.57. The molecule has 0 aromatic heterocycles. The van der Waals surface area contributed by atoms with Crippen molar-refractivity contribution in [3.63, 3.8) is 0 Å². The Kier molecular flexibility index (Phi) is 5.20. The van der Waals surface area contributed by atoms with Crippen molar-refractivity contribution < 1.29 is 8.42 Å². The lowest BCUT2D eigenvalue weighted by Gasteiger charge is -2.27. The van der Waals surface area contributed by atoms with E-state index >= 15 is 0 Å². The summed E-state index contributed by atoms with van der Waals surface area (Å²) in [5.74, 6) is 0. The first kappa shape index (κ1) is 17.0. The summed E-state index contributed by atoms with van der Waals surface area (Å²) in [6, 6.07) is 2.96. The predicted octanol–water partition coefficient (Wildman–Crippen LogP) is 2.40. The van der Waals surface area contributed by atoms with Crippen LogP contribution in [0.2, 0.25) is 5.02 Å². The van der Waals surface area contributed by atoms with Crippen LogP contribution in [0.5, 0.6) is 0 Å². The number of nitrogen functional groups attached to an aromatic ring is 1. The van der Waals surface area contributed by atoms with E-state index in [2.05, 4.69) is 15.9 Å². The largest absolute Gasteiger partial charge is 0.398 e. The van der Waals surface area contributed by atoms with Gasteiger partial charge in [0.1, 0.15) is 0 Å². The molecular formula is C13H19BrClN3O2S. The van der Waals surface area contributed by atoms with E-state index in [1.807, 2.05) is 19.0 Å². The summed E-state index contributed by atoms with van der Waals surface area (Å²) < 4.78 is 27.8. The molecule has 21 heavy (non-hydrogen) atoms. The van der Waals surface area contributed by atoms with E-state index in [4.69, 9.17) is 17.3 Å². The molecule has 1 saturated heterocycles. The Morgan fingerprint density at radius 2 is 2.14 bits per heavy atom. The second kappa shape index (κ2) is 6.42. The van der Waals surface area contributed by atoms with Crippen LogP contribution in [0.1, 0.15) is 12.8 Å². The van der Waals surface area contributed by atoms with Gasteiger partial charge in [-0.3, -0.25) is 0 Å². The van der Waals surface area contributed by atoms with E-state index in [1.54, 1.807) is 4.31 Å². The fourth-order valence-electron chi connectivity index (χ4n) is 2.63. The van der Waals surface area contributed by atoms with Gasteiger partial charge >= 0.3 is 0 Å². The van der Waals surface area contributed by atoms with E-state index in [-0.39, 0.29) is 10.9 Å². The lowest BCUT2D eigenvalue weighted by atomic mass is 10.2. The lowest BCUT2D eigenvalue weighted by molar-refractivity contribution is 0.291. The van der Waals surface area contributed by atoms with Crippen molar-refractivity contribution >= 4 is 43.2 Å². The normalized spacial score (nSPS) is 20.3. The Morgan fingerprint density at radius 1 is 1.48 bits per heavy atom. The topological polar surface area (TPSA) is 66.6 Å². The van der Waals surface area contributed by atoms with Crippen LogP contribution in [0, 0.1) is 0 Å². The standard InChI is InChI=1S/C13H19BrClN3O2S/c1-17(2)8-10-4-3-5-18(10)21(19,20)12-7-9(15)6-11(16)13(12)14/h6-7,10H,3-5,8,16H2,1-2H3. The van der Waals surface area contributed by atoms with Gasteiger partial charge in [0.15, 0.2) is 0 Å². The van der Waals surface area contributed by atoms with Gasteiger partial charge in [0.05, 0.1) is 9.37 Å². The number of nitrogens with two attached hydrogens (primary N) is 1. The highest BCUT2D eigenvalue weighted by Crippen LogP contribution is 2.35. The first-order chi connectivity index (χ1) is 9.73. The zero-order chi connectivity index (χ0) is 15.8. The van der Waals surface area contributed by atoms with Crippen LogP contribution < -0.4 is 5.73 Å². The maximum Gasteiger partial charge on any atom is 0.244 e. The smallest absolute Gasteiger partial charge is 0.244 e. The van der Waals surface area contributed by atoms with Crippen molar-refractivity contribution in [2.75, 3.05) is 32.9 Å². The van der Waals surface area contributed by atoms with Crippen LogP contribution in [0.4, 0.5) is 5.69 Å². The number of sulfonamides is 1. The van der Waals surface area contributed by atoms with Crippen molar-refractivity contribution in [3.8, 4) is 0 Å². The van der Waals surface area contributed by atoms with Crippen LogP contribution in [-0.4, -0.2) is 50.8 Å². The van der Waals surface area contributed by atoms with Gasteiger partial charge < -0.3 is 10.6 Å². The number of likely N-dealkylation sites (N-methyl/N-ethyl adjacent to an activating group) is 1. The van der Waals surface area contributed by atoms with Crippen molar-refractivity contribution in [2.45, 2.75) is 23.8 Å². The molecule has 1 aromatic rings. The maximum absolute atomic E-state index is 12.9. The lowest BCUT2D eigenvalue weighted by Crippen LogP contribution is -2.41. The minimum absolute atomic E-state index is 0.0166. The highest BCUT2D eigenvalue weighted by molar-refractivity contribution is 9.10. The molecule has 2 rings (SSSR count). The fraction of sp³-hybridized carbons (Fsp3) is 0.538. The van der Waals surface area contributed by atoms with Crippen molar-refractivity contribution in [1.29, 1.82) is 0 Å². The molecule has 8 heteroatoms. The third-order valence-electron chi connectivity index (χ3n) is 3.52. The average molecular weight is 397 g/mol. The van der Waals surface area contributed by atoms with E-state index < -0.39 is 10.0 Å². The molecule has 118 valence electrons. The zero-order valence-electron chi connectivity index (χ0n) is 12.0. The molecular weight excluding hydrogens is 378 g/mol. The van der Waals surface area contributed by atoms with Crippen LogP contribution in [0.3, 0.4) is 0 Å². The molecule has 0 amide bonds. The third kappa shape index (κ3) is 3.53. The quantitative estimate of drug-likeness (QED) is 0.794. The van der Waals surface area contributed by atoms with Gasteiger partial charge in [-0.25, -0.2) is 8.42 Å². The summed E-state index contributed by atoms with van der Waals surface area (Å²) in [6.07, 6.45) is 1.73. The second-order valence-electron chi connectivity index (χ2n) is 5.48. The van der Waals surface area contributed by atoms with Gasteiger partial charge in [0.25, 0.3) is 0 Å². The molecule has 1 fully saturated rings. The van der Waals surface area contributed by atoms with Gasteiger partial charge in [-0.15, -0.1) is 0 Å². The number of halogens is 2. The molecule has 1 aliphatic heterocycles. The first-order valence-electron chi connectivity index (χ1n) is 6.64. The number of anilines is 1. The minimum Gasteiger partial charge on any atom is -0.398 e. The number of hydrogen-bond acceptors (Lipinski definition) is 4. The Bertz CT molecular complexity index is 637. The van der Waals surface area contributed by atoms with E-state index in [0.29, 0.717) is 28.3 Å². The molecule has 1 aliphatic rings. The van der Waals surface area contributed by atoms with E-state index in [0.717, 1.165) is 12.8 Å². The highest BCUT2D eigenvalue weighted by Gasteiger charge is 2.36. The Morgan fingerprint density at radius 3 is 2.76 bits per heavy atom. The Labute approximate surface area is 139 Å². The first-order valence-corrected chi connectivity index (χ1v) is 9.25. The molecule has 5 nitrogen and oxygen atoms in total. The molecule has 2 N–H and O–H groups in total. The highest BCUT2D eigenvalue weighted by atomic mass is 79.9. The molecule has 1 aromatic carbocycles. The molecule has 1 atom stereocenters. The van der Waals surface area contributed by atoms with Crippen molar-refractivity contribution in [2.24, 2.45) is 0 Å². The van der Waals surface area contributed by atoms with Crippen LogP contribution >= 0.6 is 27.5 Å². The summed E-state index contributed by atoms with van der Waals surface area (Å²) in [5, 5.41) is 0.317. The van der Waals surface area contributed by atoms with E-state index in [1.165, 1.54) is 12.1 Å². The number of benzene rings is 1. The van der Waals surface area contributed by atoms with Gasteiger partial charge in [0.2, 0.25) is 10.0 Å². The Balaban J connectivity index is 2.42. The Hall–Kier alpha value is -0.340. The zero-order valence-corrected chi connectivity index (χ0v) is 15.2. The van der Waals surface area contributed by atoms with Gasteiger partial charge in [0, 0.05) is 29.8 Å². The minimum atomic E-state index is -3.61. The SMILES string of the molecule is CN(C)CC1CCCN1S(=O)(=O)c1cc(Cl)cc(N)c1Br. The average Bonchev–Trinajstić information content (AvgIpc) is 2.81. The monoisotopic (exact) mass is 395 g/mol. The van der Waals surface area contributed by atoms with E-state index in [9.17, 15) is 8.42 Å². The van der Waals surface area contributed by atoms with Crippen LogP contribution in [0.25, 0.3) is 0 Å². The molecule has 0 aliphatic carbocycles. The molecule has 0 radical (unpaired) electrons. The predicted molar refractivity (Wildman–Crippen MR) is 89.0 cm³/mol. The van der Waals surface area contributed by atoms with Gasteiger partial charge in [-0.2, -0.15) is 4.31 Å². The summed E-state index contributed by atoms with van der Waals surface area (Å²) in [4.78, 5) is 2.14. The molecule has 1 unspecified atom stereocenters. The molecule has 1 heterocycles. The van der Waals surface area contributed by atoms with Crippen molar-refractivity contribution in [1.82, 2.24) is 9.21 Å².